The van der Waals surface area contributed by atoms with Crippen LogP contribution < -0.4 is 0 Å². The van der Waals surface area contributed by atoms with Gasteiger partial charge < -0.3 is 9.79 Å². The summed E-state index contributed by atoms with van der Waals surface area (Å²) in [6, 6.07) is 3.66. The summed E-state index contributed by atoms with van der Waals surface area (Å²) in [6.07, 6.45) is 3.10. The van der Waals surface area contributed by atoms with Crippen molar-refractivity contribution < 1.29 is 14.4 Å². The Kier molecular flexibility index (Phi) is 3.77. The minimum Gasteiger partial charge on any atom is -0.324 e. The molecule has 0 aliphatic carbocycles. The van der Waals surface area contributed by atoms with Crippen molar-refractivity contribution >= 4 is 7.60 Å². The molecule has 0 aliphatic heterocycles. The van der Waals surface area contributed by atoms with E-state index in [9.17, 15) is 4.57 Å². The molecule has 0 unspecified atom stereocenters. The topological polar surface area (TPSA) is 73.7 Å². The summed E-state index contributed by atoms with van der Waals surface area (Å²) >= 11 is 0. The third-order valence-electron chi connectivity index (χ3n) is 1.60. The van der Waals surface area contributed by atoms with Gasteiger partial charge in [0.25, 0.3) is 0 Å². The van der Waals surface area contributed by atoms with Crippen molar-refractivity contribution in [3.05, 3.63) is 30.1 Å². The fourth-order valence-electron chi connectivity index (χ4n) is 1.17. The van der Waals surface area contributed by atoms with E-state index in [1.54, 1.807) is 30.4 Å². The molecule has 0 fully saturated rings. The molecular weight excluding hydrogens is 203 g/mol. The molecule has 0 aliphatic rings. The lowest BCUT2D eigenvalue weighted by Gasteiger charge is -2.16. The molecule has 0 bridgehead atoms. The average molecular weight is 216 g/mol. The maximum absolute atomic E-state index is 10.7. The van der Waals surface area contributed by atoms with Gasteiger partial charge in [-0.25, -0.2) is 0 Å². The van der Waals surface area contributed by atoms with E-state index in [4.69, 9.17) is 9.79 Å². The zero-order chi connectivity index (χ0) is 10.6. The predicted molar refractivity (Wildman–Crippen MR) is 52.6 cm³/mol. The summed E-state index contributed by atoms with van der Waals surface area (Å²) in [5.74, 6) is 0. The Morgan fingerprint density at radius 3 is 2.79 bits per heavy atom. The lowest BCUT2D eigenvalue weighted by atomic mass is 10.3. The van der Waals surface area contributed by atoms with Gasteiger partial charge in [0.05, 0.1) is 0 Å². The Morgan fingerprint density at radius 2 is 2.29 bits per heavy atom. The Labute approximate surface area is 82.6 Å². The van der Waals surface area contributed by atoms with E-state index in [1.807, 2.05) is 6.07 Å². The Hall–Kier alpha value is -0.740. The molecule has 1 rings (SSSR count). The fraction of sp³-hybridized carbons (Fsp3) is 0.375. The zero-order valence-corrected chi connectivity index (χ0v) is 8.76. The van der Waals surface area contributed by atoms with Crippen molar-refractivity contribution in [2.75, 3.05) is 13.3 Å². The Morgan fingerprint density at radius 1 is 1.57 bits per heavy atom. The molecule has 0 atom stereocenters. The highest BCUT2D eigenvalue weighted by Crippen LogP contribution is 2.34. The third-order valence-corrected chi connectivity index (χ3v) is 2.45. The number of pyridine rings is 1. The first kappa shape index (κ1) is 11.3. The van der Waals surface area contributed by atoms with Crippen LogP contribution in [0.4, 0.5) is 0 Å². The summed E-state index contributed by atoms with van der Waals surface area (Å²) in [5.41, 5.74) is 0.934. The van der Waals surface area contributed by atoms with Gasteiger partial charge in [0.1, 0.15) is 6.29 Å². The molecule has 6 heteroatoms. The number of aromatic nitrogens is 1. The first-order chi connectivity index (χ1) is 6.47. The molecule has 0 radical (unpaired) electrons. The molecule has 2 N–H and O–H groups in total. The van der Waals surface area contributed by atoms with Gasteiger partial charge in [0.15, 0.2) is 0 Å². The maximum Gasteiger partial charge on any atom is 0.339 e. The van der Waals surface area contributed by atoms with Crippen LogP contribution >= 0.6 is 7.60 Å². The average Bonchev–Trinajstić information content (AvgIpc) is 2.02. The minimum atomic E-state index is -3.95. The molecule has 0 saturated heterocycles. The molecule has 14 heavy (non-hydrogen) atoms. The second-order valence-electron chi connectivity index (χ2n) is 3.18. The van der Waals surface area contributed by atoms with Crippen molar-refractivity contribution in [2.45, 2.75) is 6.54 Å². The van der Waals surface area contributed by atoms with Crippen LogP contribution in [-0.2, 0) is 11.1 Å². The third kappa shape index (κ3) is 4.48. The fourth-order valence-corrected chi connectivity index (χ4v) is 1.90. The molecular formula is C8H13N2O3P. The SMILES string of the molecule is CN(Cc1cccnc1)CP(=O)(O)O. The quantitative estimate of drug-likeness (QED) is 0.723. The highest BCUT2D eigenvalue weighted by molar-refractivity contribution is 7.51. The van der Waals surface area contributed by atoms with Gasteiger partial charge in [-0.05, 0) is 18.7 Å². The van der Waals surface area contributed by atoms with Crippen LogP contribution in [0.3, 0.4) is 0 Å². The van der Waals surface area contributed by atoms with E-state index >= 15 is 0 Å². The van der Waals surface area contributed by atoms with Gasteiger partial charge in [-0.1, -0.05) is 6.07 Å². The molecule has 1 aromatic rings. The summed E-state index contributed by atoms with van der Waals surface area (Å²) in [5, 5.41) is 0. The largest absolute Gasteiger partial charge is 0.339 e. The standard InChI is InChI=1S/C8H13N2O3P/c1-10(7-14(11,12)13)6-8-3-2-4-9-5-8/h2-5H,6-7H2,1H3,(H2,11,12,13). The van der Waals surface area contributed by atoms with Crippen molar-refractivity contribution in [3.8, 4) is 0 Å². The van der Waals surface area contributed by atoms with E-state index < -0.39 is 7.60 Å². The van der Waals surface area contributed by atoms with Crippen molar-refractivity contribution in [1.82, 2.24) is 9.88 Å². The molecule has 1 heterocycles. The van der Waals surface area contributed by atoms with Gasteiger partial charge in [0.2, 0.25) is 0 Å². The second kappa shape index (κ2) is 4.66. The highest BCUT2D eigenvalue weighted by Gasteiger charge is 2.15. The first-order valence-corrected chi connectivity index (χ1v) is 5.89. The van der Waals surface area contributed by atoms with Crippen molar-refractivity contribution in [3.63, 3.8) is 0 Å². The summed E-state index contributed by atoms with van der Waals surface area (Å²) in [7, 11) is -2.29. The van der Waals surface area contributed by atoms with E-state index in [-0.39, 0.29) is 6.29 Å². The van der Waals surface area contributed by atoms with Gasteiger partial charge in [0, 0.05) is 18.9 Å². The maximum atomic E-state index is 10.7. The highest BCUT2D eigenvalue weighted by atomic mass is 31.2. The van der Waals surface area contributed by atoms with Crippen molar-refractivity contribution in [1.29, 1.82) is 0 Å². The van der Waals surface area contributed by atoms with E-state index in [2.05, 4.69) is 4.98 Å². The van der Waals surface area contributed by atoms with Crippen LogP contribution in [-0.4, -0.2) is 33.0 Å². The number of hydrogen-bond donors (Lipinski definition) is 2. The van der Waals surface area contributed by atoms with Gasteiger partial charge >= 0.3 is 7.60 Å². The summed E-state index contributed by atoms with van der Waals surface area (Å²) in [4.78, 5) is 22.9. The lowest BCUT2D eigenvalue weighted by Crippen LogP contribution is -2.19. The lowest BCUT2D eigenvalue weighted by molar-refractivity contribution is 0.308. The van der Waals surface area contributed by atoms with Crippen LogP contribution in [0.25, 0.3) is 0 Å². The normalized spacial score (nSPS) is 12.0. The number of nitrogens with zero attached hydrogens (tertiary/aromatic N) is 2. The predicted octanol–water partition coefficient (Wildman–Crippen LogP) is 0.649. The second-order valence-corrected chi connectivity index (χ2v) is 4.79. The van der Waals surface area contributed by atoms with Crippen LogP contribution in [0.5, 0.6) is 0 Å². The smallest absolute Gasteiger partial charge is 0.324 e. The van der Waals surface area contributed by atoms with E-state index in [1.165, 1.54) is 0 Å². The molecule has 0 aromatic carbocycles. The summed E-state index contributed by atoms with van der Waals surface area (Å²) in [6.45, 7) is 0.485. The number of hydrogen-bond acceptors (Lipinski definition) is 3. The van der Waals surface area contributed by atoms with Gasteiger partial charge in [-0.2, -0.15) is 0 Å². The van der Waals surface area contributed by atoms with Crippen molar-refractivity contribution in [2.24, 2.45) is 0 Å². The molecule has 0 saturated carbocycles. The molecule has 0 amide bonds. The van der Waals surface area contributed by atoms with E-state index in [0.29, 0.717) is 6.54 Å². The van der Waals surface area contributed by atoms with Crippen LogP contribution in [0.15, 0.2) is 24.5 Å². The molecule has 0 spiro atoms. The Balaban J connectivity index is 2.50. The van der Waals surface area contributed by atoms with Crippen LogP contribution in [0.1, 0.15) is 5.56 Å². The molecule has 5 nitrogen and oxygen atoms in total. The van der Waals surface area contributed by atoms with Gasteiger partial charge in [-0.3, -0.25) is 14.4 Å². The Bertz CT molecular complexity index is 325. The van der Waals surface area contributed by atoms with Gasteiger partial charge in [-0.15, -0.1) is 0 Å². The molecule has 78 valence electrons. The van der Waals surface area contributed by atoms with E-state index in [0.717, 1.165) is 5.56 Å². The van der Waals surface area contributed by atoms with Crippen LogP contribution in [0.2, 0.25) is 0 Å². The molecule has 1 aromatic heterocycles. The monoisotopic (exact) mass is 216 g/mol. The zero-order valence-electron chi connectivity index (χ0n) is 7.87. The number of rotatable bonds is 4. The van der Waals surface area contributed by atoms with Crippen LogP contribution in [0, 0.1) is 0 Å². The minimum absolute atomic E-state index is 0.234. The summed E-state index contributed by atoms with van der Waals surface area (Å²) < 4.78 is 10.7. The first-order valence-electron chi connectivity index (χ1n) is 4.09.